The molecule has 2 aromatic heterocycles. The minimum absolute atomic E-state index is 0.255. The van der Waals surface area contributed by atoms with Gasteiger partial charge in [0.25, 0.3) is 5.91 Å². The number of benzene rings is 1. The second kappa shape index (κ2) is 8.03. The molecule has 2 N–H and O–H groups in total. The number of anilines is 1. The van der Waals surface area contributed by atoms with Crippen LogP contribution in [0.5, 0.6) is 0 Å². The van der Waals surface area contributed by atoms with Gasteiger partial charge in [0.2, 0.25) is 0 Å². The highest BCUT2D eigenvalue weighted by Crippen LogP contribution is 2.20. The third kappa shape index (κ3) is 4.11. The van der Waals surface area contributed by atoms with Gasteiger partial charge in [-0.05, 0) is 31.0 Å². The van der Waals surface area contributed by atoms with E-state index in [0.717, 1.165) is 16.5 Å². The second-order valence-electron chi connectivity index (χ2n) is 5.82. The lowest BCUT2D eigenvalue weighted by molar-refractivity contribution is 0.0948. The summed E-state index contributed by atoms with van der Waals surface area (Å²) in [4.78, 5) is 24.2. The molecule has 0 fully saturated rings. The molecule has 0 unspecified atom stereocenters. The number of aryl methyl sites for hydroxylation is 1. The SMILES string of the molecule is Cc1ccc2cc(C#N)c(NCCCNC(=O)c3cnccn3)nc2c1. The van der Waals surface area contributed by atoms with E-state index in [1.54, 1.807) is 0 Å². The van der Waals surface area contributed by atoms with Gasteiger partial charge in [0.15, 0.2) is 0 Å². The van der Waals surface area contributed by atoms with Crippen LogP contribution < -0.4 is 10.6 Å². The molecule has 7 heteroatoms. The molecular weight excluding hydrogens is 328 g/mol. The number of hydrogen-bond acceptors (Lipinski definition) is 6. The van der Waals surface area contributed by atoms with Gasteiger partial charge in [0.1, 0.15) is 17.6 Å². The van der Waals surface area contributed by atoms with Gasteiger partial charge < -0.3 is 10.6 Å². The minimum atomic E-state index is -0.255. The average Bonchev–Trinajstić information content (AvgIpc) is 2.67. The first kappa shape index (κ1) is 17.3. The summed E-state index contributed by atoms with van der Waals surface area (Å²) in [6.07, 6.45) is 5.11. The van der Waals surface area contributed by atoms with Crippen LogP contribution in [-0.4, -0.2) is 33.9 Å². The van der Waals surface area contributed by atoms with Crippen molar-refractivity contribution < 1.29 is 4.79 Å². The first-order valence-electron chi connectivity index (χ1n) is 8.27. The molecule has 0 aliphatic rings. The Morgan fingerprint density at radius 3 is 2.88 bits per heavy atom. The number of carbonyl (C=O) groups is 1. The Hall–Kier alpha value is -3.53. The van der Waals surface area contributed by atoms with E-state index in [4.69, 9.17) is 0 Å². The van der Waals surface area contributed by atoms with Crippen molar-refractivity contribution >= 4 is 22.6 Å². The Bertz CT molecular complexity index is 965. The monoisotopic (exact) mass is 346 g/mol. The Kier molecular flexibility index (Phi) is 5.34. The van der Waals surface area contributed by atoms with Crippen LogP contribution in [-0.2, 0) is 0 Å². The fraction of sp³-hybridized carbons (Fsp3) is 0.211. The van der Waals surface area contributed by atoms with Crippen LogP contribution in [0, 0.1) is 18.3 Å². The molecule has 0 saturated heterocycles. The molecule has 3 aromatic rings. The molecular formula is C19H18N6O. The third-order valence-corrected chi connectivity index (χ3v) is 3.82. The molecule has 2 heterocycles. The van der Waals surface area contributed by atoms with Crippen LogP contribution in [0.25, 0.3) is 10.9 Å². The summed E-state index contributed by atoms with van der Waals surface area (Å²) in [5, 5.41) is 16.2. The molecule has 0 aliphatic heterocycles. The second-order valence-corrected chi connectivity index (χ2v) is 5.82. The van der Waals surface area contributed by atoms with E-state index in [2.05, 4.69) is 31.7 Å². The van der Waals surface area contributed by atoms with E-state index < -0.39 is 0 Å². The van der Waals surface area contributed by atoms with E-state index in [9.17, 15) is 10.1 Å². The van der Waals surface area contributed by atoms with Gasteiger partial charge in [0.05, 0.1) is 17.3 Å². The molecule has 0 spiro atoms. The number of rotatable bonds is 6. The minimum Gasteiger partial charge on any atom is -0.369 e. The zero-order chi connectivity index (χ0) is 18.4. The van der Waals surface area contributed by atoms with E-state index in [0.29, 0.717) is 36.6 Å². The summed E-state index contributed by atoms with van der Waals surface area (Å²) in [5.74, 6) is 0.306. The molecule has 26 heavy (non-hydrogen) atoms. The largest absolute Gasteiger partial charge is 0.369 e. The van der Waals surface area contributed by atoms with Gasteiger partial charge in [-0.25, -0.2) is 9.97 Å². The van der Waals surface area contributed by atoms with Crippen molar-refractivity contribution in [2.45, 2.75) is 13.3 Å². The lowest BCUT2D eigenvalue weighted by atomic mass is 10.1. The van der Waals surface area contributed by atoms with Gasteiger partial charge in [-0.3, -0.25) is 9.78 Å². The highest BCUT2D eigenvalue weighted by molar-refractivity contribution is 5.91. The molecule has 0 atom stereocenters. The average molecular weight is 346 g/mol. The van der Waals surface area contributed by atoms with Crippen molar-refractivity contribution in [2.75, 3.05) is 18.4 Å². The van der Waals surface area contributed by atoms with Crippen molar-refractivity contribution in [1.82, 2.24) is 20.3 Å². The number of amides is 1. The number of carbonyl (C=O) groups excluding carboxylic acids is 1. The highest BCUT2D eigenvalue weighted by Gasteiger charge is 2.08. The van der Waals surface area contributed by atoms with Crippen molar-refractivity contribution in [3.63, 3.8) is 0 Å². The zero-order valence-electron chi connectivity index (χ0n) is 14.4. The number of nitriles is 1. The molecule has 1 aromatic carbocycles. The van der Waals surface area contributed by atoms with E-state index in [1.807, 2.05) is 31.2 Å². The van der Waals surface area contributed by atoms with Crippen LogP contribution in [0.15, 0.2) is 42.9 Å². The summed E-state index contributed by atoms with van der Waals surface area (Å²) in [5.41, 5.74) is 2.76. The van der Waals surface area contributed by atoms with E-state index in [1.165, 1.54) is 18.6 Å². The molecule has 1 amide bonds. The molecule has 0 aliphatic carbocycles. The Morgan fingerprint density at radius 1 is 1.23 bits per heavy atom. The Balaban J connectivity index is 1.56. The van der Waals surface area contributed by atoms with Crippen LogP contribution in [0.4, 0.5) is 5.82 Å². The summed E-state index contributed by atoms with van der Waals surface area (Å²) in [6.45, 7) is 3.07. The van der Waals surface area contributed by atoms with Crippen molar-refractivity contribution in [3.8, 4) is 6.07 Å². The maximum atomic E-state index is 11.9. The van der Waals surface area contributed by atoms with Gasteiger partial charge in [-0.2, -0.15) is 5.26 Å². The maximum absolute atomic E-state index is 11.9. The van der Waals surface area contributed by atoms with Gasteiger partial charge in [-0.1, -0.05) is 12.1 Å². The lowest BCUT2D eigenvalue weighted by Gasteiger charge is -2.10. The van der Waals surface area contributed by atoms with Crippen LogP contribution in [0.2, 0.25) is 0 Å². The van der Waals surface area contributed by atoms with Gasteiger partial charge >= 0.3 is 0 Å². The molecule has 3 rings (SSSR count). The summed E-state index contributed by atoms with van der Waals surface area (Å²) < 4.78 is 0. The predicted octanol–water partition coefficient (Wildman–Crippen LogP) is 2.44. The first-order chi connectivity index (χ1) is 12.7. The van der Waals surface area contributed by atoms with Crippen molar-refractivity contribution in [3.05, 3.63) is 59.7 Å². The Labute approximate surface area is 151 Å². The molecule has 130 valence electrons. The fourth-order valence-corrected chi connectivity index (χ4v) is 2.50. The normalized spacial score (nSPS) is 10.3. The number of aromatic nitrogens is 3. The number of pyridine rings is 1. The van der Waals surface area contributed by atoms with Gasteiger partial charge in [-0.15, -0.1) is 0 Å². The number of fused-ring (bicyclic) bond motifs is 1. The van der Waals surface area contributed by atoms with E-state index >= 15 is 0 Å². The smallest absolute Gasteiger partial charge is 0.271 e. The molecule has 0 saturated carbocycles. The lowest BCUT2D eigenvalue weighted by Crippen LogP contribution is -2.26. The quantitative estimate of drug-likeness (QED) is 0.664. The summed E-state index contributed by atoms with van der Waals surface area (Å²) in [7, 11) is 0. The van der Waals surface area contributed by atoms with Gasteiger partial charge in [0, 0.05) is 30.9 Å². The third-order valence-electron chi connectivity index (χ3n) is 3.82. The fourth-order valence-electron chi connectivity index (χ4n) is 2.50. The zero-order valence-corrected chi connectivity index (χ0v) is 14.4. The number of nitrogens with zero attached hydrogens (tertiary/aromatic N) is 4. The van der Waals surface area contributed by atoms with Crippen LogP contribution >= 0.6 is 0 Å². The topological polar surface area (TPSA) is 104 Å². The summed E-state index contributed by atoms with van der Waals surface area (Å²) >= 11 is 0. The maximum Gasteiger partial charge on any atom is 0.271 e. The summed E-state index contributed by atoms with van der Waals surface area (Å²) in [6, 6.07) is 9.96. The number of nitrogens with one attached hydrogen (secondary N) is 2. The molecule has 0 radical (unpaired) electrons. The number of hydrogen-bond donors (Lipinski definition) is 2. The van der Waals surface area contributed by atoms with Crippen molar-refractivity contribution in [1.29, 1.82) is 5.26 Å². The predicted molar refractivity (Wildman–Crippen MR) is 98.7 cm³/mol. The van der Waals surface area contributed by atoms with Crippen LogP contribution in [0.1, 0.15) is 28.0 Å². The highest BCUT2D eigenvalue weighted by atomic mass is 16.1. The van der Waals surface area contributed by atoms with Crippen LogP contribution in [0.3, 0.4) is 0 Å². The standard InChI is InChI=1S/C19H18N6O/c1-13-3-4-14-10-15(11-20)18(25-16(14)9-13)23-5-2-6-24-19(26)17-12-21-7-8-22-17/h3-4,7-10,12H,2,5-6H2,1H3,(H,23,25)(H,24,26). The van der Waals surface area contributed by atoms with E-state index in [-0.39, 0.29) is 5.91 Å². The van der Waals surface area contributed by atoms with Crippen molar-refractivity contribution in [2.24, 2.45) is 0 Å². The Morgan fingerprint density at radius 2 is 2.12 bits per heavy atom. The molecule has 7 nitrogen and oxygen atoms in total. The first-order valence-corrected chi connectivity index (χ1v) is 8.27. The molecule has 0 bridgehead atoms.